The van der Waals surface area contributed by atoms with E-state index < -0.39 is 0 Å². The molecule has 7 heteroatoms. The van der Waals surface area contributed by atoms with Gasteiger partial charge in [-0.1, -0.05) is 11.6 Å². The van der Waals surface area contributed by atoms with Crippen LogP contribution in [-0.2, 0) is 0 Å². The second kappa shape index (κ2) is 4.85. The number of rotatable bonds is 2. The summed E-state index contributed by atoms with van der Waals surface area (Å²) in [6.45, 7) is 3.82. The highest BCUT2D eigenvalue weighted by atomic mass is 35.5. The predicted molar refractivity (Wildman–Crippen MR) is 67.1 cm³/mol. The largest absolute Gasteiger partial charge is 0.368 e. The summed E-state index contributed by atoms with van der Waals surface area (Å²) in [5, 5.41) is 1.60. The lowest BCUT2D eigenvalue weighted by molar-refractivity contribution is 0.898. The van der Waals surface area contributed by atoms with Gasteiger partial charge in [0.15, 0.2) is 5.16 Å². The first-order valence-corrected chi connectivity index (χ1v) is 6.02. The zero-order valence-electron chi connectivity index (χ0n) is 9.31. The summed E-state index contributed by atoms with van der Waals surface area (Å²) in [5.74, 6) is 0.182. The Morgan fingerprint density at radius 1 is 1.18 bits per heavy atom. The van der Waals surface area contributed by atoms with E-state index >= 15 is 0 Å². The maximum absolute atomic E-state index is 5.97. The highest BCUT2D eigenvalue weighted by molar-refractivity contribution is 7.99. The molecule has 0 aliphatic heterocycles. The number of hydrogen-bond acceptors (Lipinski definition) is 6. The molecule has 2 aromatic heterocycles. The smallest absolute Gasteiger partial charge is 0.221 e. The highest BCUT2D eigenvalue weighted by Gasteiger charge is 2.09. The molecule has 2 heterocycles. The second-order valence-corrected chi connectivity index (χ2v) is 4.78. The molecule has 2 aromatic rings. The molecule has 0 radical (unpaired) electrons. The van der Waals surface area contributed by atoms with Crippen LogP contribution in [0.5, 0.6) is 0 Å². The Kier molecular flexibility index (Phi) is 3.44. The molecule has 0 aromatic carbocycles. The van der Waals surface area contributed by atoms with Gasteiger partial charge in [-0.3, -0.25) is 0 Å². The van der Waals surface area contributed by atoms with Crippen LogP contribution in [0, 0.1) is 13.8 Å². The molecule has 5 nitrogen and oxygen atoms in total. The number of nitrogens with two attached hydrogens (primary N) is 1. The topological polar surface area (TPSA) is 77.6 Å². The molecule has 17 heavy (non-hydrogen) atoms. The maximum Gasteiger partial charge on any atom is 0.221 e. The molecule has 0 spiro atoms. The fraction of sp³-hybridized carbons (Fsp3) is 0.200. The summed E-state index contributed by atoms with van der Waals surface area (Å²) in [4.78, 5) is 16.4. The number of hydrogen-bond donors (Lipinski definition) is 1. The van der Waals surface area contributed by atoms with Crippen molar-refractivity contribution in [2.45, 2.75) is 24.0 Å². The van der Waals surface area contributed by atoms with Crippen LogP contribution >= 0.6 is 23.4 Å². The van der Waals surface area contributed by atoms with Crippen LogP contribution in [0.25, 0.3) is 0 Å². The van der Waals surface area contributed by atoms with Gasteiger partial charge in [0.1, 0.15) is 5.03 Å². The van der Waals surface area contributed by atoms with Crippen LogP contribution in [-0.4, -0.2) is 19.9 Å². The van der Waals surface area contributed by atoms with Gasteiger partial charge >= 0.3 is 0 Å². The first-order chi connectivity index (χ1) is 8.04. The lowest BCUT2D eigenvalue weighted by Gasteiger charge is -2.04. The zero-order chi connectivity index (χ0) is 12.4. The summed E-state index contributed by atoms with van der Waals surface area (Å²) >= 11 is 7.24. The molecule has 0 aliphatic rings. The number of anilines is 1. The average molecular weight is 268 g/mol. The summed E-state index contributed by atoms with van der Waals surface area (Å²) in [7, 11) is 0. The van der Waals surface area contributed by atoms with Crippen molar-refractivity contribution in [3.8, 4) is 0 Å². The molecular formula is C10H10ClN5S. The summed E-state index contributed by atoms with van der Waals surface area (Å²) < 4.78 is 0. The van der Waals surface area contributed by atoms with Crippen molar-refractivity contribution in [2.24, 2.45) is 0 Å². The van der Waals surface area contributed by atoms with Crippen molar-refractivity contribution in [1.29, 1.82) is 0 Å². The van der Waals surface area contributed by atoms with Gasteiger partial charge < -0.3 is 5.73 Å². The molecular weight excluding hydrogens is 258 g/mol. The number of aryl methyl sites for hydroxylation is 2. The fourth-order valence-corrected chi connectivity index (χ4v) is 2.31. The Labute approximate surface area is 108 Å². The second-order valence-electron chi connectivity index (χ2n) is 3.42. The number of nitrogens with zero attached hydrogens (tertiary/aromatic N) is 4. The quantitative estimate of drug-likeness (QED) is 0.664. The monoisotopic (exact) mass is 267 g/mol. The SMILES string of the molecule is Cc1cc(C)nc(Sc2nc(N)ncc2Cl)n1. The van der Waals surface area contributed by atoms with Gasteiger partial charge in [-0.25, -0.2) is 19.9 Å². The summed E-state index contributed by atoms with van der Waals surface area (Å²) in [5.41, 5.74) is 7.31. The van der Waals surface area contributed by atoms with Crippen molar-refractivity contribution in [1.82, 2.24) is 19.9 Å². The molecule has 88 valence electrons. The predicted octanol–water partition coefficient (Wildman–Crippen LogP) is 2.27. The lowest BCUT2D eigenvalue weighted by Crippen LogP contribution is -1.97. The normalized spacial score (nSPS) is 10.5. The molecule has 0 atom stereocenters. The average Bonchev–Trinajstić information content (AvgIpc) is 2.22. The molecule has 0 unspecified atom stereocenters. The zero-order valence-corrected chi connectivity index (χ0v) is 10.9. The molecule has 0 aliphatic carbocycles. The molecule has 0 saturated heterocycles. The standard InChI is InChI=1S/C10H10ClN5S/c1-5-3-6(2)15-10(14-5)17-8-7(11)4-13-9(12)16-8/h3-4H,1-2H3,(H2,12,13,16). The van der Waals surface area contributed by atoms with E-state index in [4.69, 9.17) is 17.3 Å². The lowest BCUT2D eigenvalue weighted by atomic mass is 10.4. The molecule has 0 saturated carbocycles. The molecule has 0 amide bonds. The summed E-state index contributed by atoms with van der Waals surface area (Å²) in [6, 6.07) is 1.90. The van der Waals surface area contributed by atoms with Gasteiger partial charge in [-0.2, -0.15) is 0 Å². The van der Waals surface area contributed by atoms with Gasteiger partial charge in [-0.05, 0) is 31.7 Å². The highest BCUT2D eigenvalue weighted by Crippen LogP contribution is 2.29. The van der Waals surface area contributed by atoms with E-state index in [2.05, 4.69) is 19.9 Å². The third kappa shape index (κ3) is 3.04. The number of aromatic nitrogens is 4. The van der Waals surface area contributed by atoms with Crippen LogP contribution in [0.15, 0.2) is 22.4 Å². The van der Waals surface area contributed by atoms with E-state index in [1.165, 1.54) is 18.0 Å². The Morgan fingerprint density at radius 2 is 1.82 bits per heavy atom. The van der Waals surface area contributed by atoms with Crippen LogP contribution in [0.1, 0.15) is 11.4 Å². The van der Waals surface area contributed by atoms with E-state index in [9.17, 15) is 0 Å². The summed E-state index contributed by atoms with van der Waals surface area (Å²) in [6.07, 6.45) is 1.47. The van der Waals surface area contributed by atoms with Gasteiger partial charge in [-0.15, -0.1) is 0 Å². The van der Waals surface area contributed by atoms with E-state index in [0.29, 0.717) is 15.2 Å². The Hall–Kier alpha value is -1.40. The van der Waals surface area contributed by atoms with E-state index in [1.807, 2.05) is 19.9 Å². The molecule has 2 rings (SSSR count). The van der Waals surface area contributed by atoms with Gasteiger partial charge in [0, 0.05) is 11.4 Å². The van der Waals surface area contributed by atoms with Crippen LogP contribution < -0.4 is 5.73 Å². The van der Waals surface area contributed by atoms with Crippen molar-refractivity contribution < 1.29 is 0 Å². The van der Waals surface area contributed by atoms with Crippen molar-refractivity contribution in [3.63, 3.8) is 0 Å². The van der Waals surface area contributed by atoms with E-state index in [1.54, 1.807) is 0 Å². The molecule has 2 N–H and O–H groups in total. The van der Waals surface area contributed by atoms with Crippen molar-refractivity contribution in [2.75, 3.05) is 5.73 Å². The van der Waals surface area contributed by atoms with Crippen LogP contribution in [0.4, 0.5) is 5.95 Å². The maximum atomic E-state index is 5.97. The van der Waals surface area contributed by atoms with E-state index in [0.717, 1.165) is 11.4 Å². The number of nitrogen functional groups attached to an aromatic ring is 1. The first kappa shape index (κ1) is 12.1. The third-order valence-corrected chi connectivity index (χ3v) is 3.14. The Balaban J connectivity index is 2.34. The minimum Gasteiger partial charge on any atom is -0.368 e. The fourth-order valence-electron chi connectivity index (χ4n) is 1.26. The third-order valence-electron chi connectivity index (χ3n) is 1.88. The van der Waals surface area contributed by atoms with Crippen LogP contribution in [0.3, 0.4) is 0 Å². The van der Waals surface area contributed by atoms with Gasteiger partial charge in [0.25, 0.3) is 0 Å². The molecule has 0 bridgehead atoms. The van der Waals surface area contributed by atoms with Gasteiger partial charge in [0.05, 0.1) is 11.2 Å². The molecule has 0 fully saturated rings. The number of halogens is 1. The Bertz CT molecular complexity index is 540. The minimum atomic E-state index is 0.182. The first-order valence-electron chi connectivity index (χ1n) is 4.83. The van der Waals surface area contributed by atoms with Crippen molar-refractivity contribution in [3.05, 3.63) is 28.7 Å². The van der Waals surface area contributed by atoms with Crippen LogP contribution in [0.2, 0.25) is 5.02 Å². The van der Waals surface area contributed by atoms with Gasteiger partial charge in [0.2, 0.25) is 5.95 Å². The van der Waals surface area contributed by atoms with Crippen molar-refractivity contribution >= 4 is 29.3 Å². The minimum absolute atomic E-state index is 0.182. The van der Waals surface area contributed by atoms with E-state index in [-0.39, 0.29) is 5.95 Å². The Morgan fingerprint density at radius 3 is 2.47 bits per heavy atom.